The van der Waals surface area contributed by atoms with Crippen LogP contribution in [-0.2, 0) is 23.9 Å². The van der Waals surface area contributed by atoms with E-state index in [-0.39, 0.29) is 24.4 Å². The van der Waals surface area contributed by atoms with Gasteiger partial charge in [-0.25, -0.2) is 9.18 Å². The summed E-state index contributed by atoms with van der Waals surface area (Å²) < 4.78 is 53.7. The normalized spacial score (nSPS) is 19.9. The van der Waals surface area contributed by atoms with Gasteiger partial charge in [0.25, 0.3) is 0 Å². The van der Waals surface area contributed by atoms with Gasteiger partial charge in [0.1, 0.15) is 11.9 Å². The number of carbonyl (C=O) groups excluding carboxylic acids is 1. The van der Waals surface area contributed by atoms with Crippen molar-refractivity contribution in [2.45, 2.75) is 83.7 Å². The molecule has 1 aliphatic heterocycles. The Balaban J connectivity index is 1.96. The molecule has 1 fully saturated rings. The molecule has 0 aromatic heterocycles. The molecule has 2 aromatic rings. The van der Waals surface area contributed by atoms with Gasteiger partial charge in [0.05, 0.1) is 30.4 Å². The SMILES string of the molecule is CC(C)C1N[C@@H]([C@@H](O)[C@H](Cc2ccccc2)N(C(=O)O)C(C)(C)C)C(=O)N1Cc1ccc(C(F)(F)F)cc1F. The summed E-state index contributed by atoms with van der Waals surface area (Å²) in [5.41, 5.74) is -1.41. The summed E-state index contributed by atoms with van der Waals surface area (Å²) in [6, 6.07) is 8.86. The van der Waals surface area contributed by atoms with Crippen molar-refractivity contribution >= 4 is 12.0 Å². The molecule has 1 saturated heterocycles. The van der Waals surface area contributed by atoms with E-state index >= 15 is 0 Å². The Morgan fingerprint density at radius 3 is 2.21 bits per heavy atom. The average molecular weight is 554 g/mol. The minimum Gasteiger partial charge on any atom is -0.465 e. The zero-order chi connectivity index (χ0) is 29.3. The fourth-order valence-corrected chi connectivity index (χ4v) is 5.04. The number of alkyl halides is 3. The van der Waals surface area contributed by atoms with Crippen LogP contribution in [-0.4, -0.2) is 61.9 Å². The fraction of sp³-hybridized carbons (Fsp3) is 0.500. The molecular weight excluding hydrogens is 518 g/mol. The molecule has 0 bridgehead atoms. The van der Waals surface area contributed by atoms with Gasteiger partial charge in [-0.15, -0.1) is 0 Å². The Bertz CT molecular complexity index is 1170. The topological polar surface area (TPSA) is 93.1 Å². The highest BCUT2D eigenvalue weighted by molar-refractivity contribution is 5.85. The number of nitrogens with zero attached hydrogens (tertiary/aromatic N) is 2. The van der Waals surface area contributed by atoms with Crippen LogP contribution in [0.5, 0.6) is 0 Å². The minimum absolute atomic E-state index is 0.110. The van der Waals surface area contributed by atoms with Crippen LogP contribution < -0.4 is 5.32 Å². The number of carbonyl (C=O) groups is 2. The first-order chi connectivity index (χ1) is 18.0. The summed E-state index contributed by atoms with van der Waals surface area (Å²) in [6.45, 7) is 8.34. The molecule has 0 saturated carbocycles. The van der Waals surface area contributed by atoms with E-state index in [1.54, 1.807) is 65.0 Å². The lowest BCUT2D eigenvalue weighted by Gasteiger charge is -2.42. The van der Waals surface area contributed by atoms with Crippen molar-refractivity contribution in [3.63, 3.8) is 0 Å². The largest absolute Gasteiger partial charge is 0.465 e. The van der Waals surface area contributed by atoms with Crippen molar-refractivity contribution in [1.82, 2.24) is 15.1 Å². The number of hydrogen-bond acceptors (Lipinski definition) is 4. The summed E-state index contributed by atoms with van der Waals surface area (Å²) in [5, 5.41) is 24.7. The van der Waals surface area contributed by atoms with Crippen LogP contribution in [0.4, 0.5) is 22.4 Å². The highest BCUT2D eigenvalue weighted by Crippen LogP contribution is 2.32. The second-order valence-electron chi connectivity index (χ2n) is 11.2. The summed E-state index contributed by atoms with van der Waals surface area (Å²) in [5.74, 6) is -1.91. The first-order valence-electron chi connectivity index (χ1n) is 12.7. The van der Waals surface area contributed by atoms with Crippen LogP contribution in [0.2, 0.25) is 0 Å². The van der Waals surface area contributed by atoms with E-state index < -0.39 is 59.4 Å². The molecular formula is C28H35F4N3O4. The molecule has 3 N–H and O–H groups in total. The standard InChI is InChI=1S/C28H35F4N3O4/c1-16(2)24-33-22(25(37)34(24)15-18-11-12-19(14-20(18)29)28(30,31)32)23(36)21(13-17-9-7-6-8-10-17)35(26(38)39)27(3,4)5/h6-12,14,16,21-24,33,36H,13,15H2,1-5H3,(H,38,39)/t21-,22-,23-,24?/m0/s1. The molecule has 0 radical (unpaired) electrons. The van der Waals surface area contributed by atoms with Crippen LogP contribution in [0.25, 0.3) is 0 Å². The van der Waals surface area contributed by atoms with Gasteiger partial charge in [0, 0.05) is 11.1 Å². The Morgan fingerprint density at radius 1 is 1.10 bits per heavy atom. The summed E-state index contributed by atoms with van der Waals surface area (Å²) in [6.07, 6.45) is -8.02. The number of rotatable bonds is 8. The summed E-state index contributed by atoms with van der Waals surface area (Å²) >= 11 is 0. The number of aliphatic hydroxyl groups is 1. The predicted molar refractivity (Wildman–Crippen MR) is 137 cm³/mol. The van der Waals surface area contributed by atoms with Crippen LogP contribution in [0.15, 0.2) is 48.5 Å². The van der Waals surface area contributed by atoms with Crippen LogP contribution in [0.3, 0.4) is 0 Å². The lowest BCUT2D eigenvalue weighted by Crippen LogP contribution is -2.61. The molecule has 0 aliphatic carbocycles. The van der Waals surface area contributed by atoms with Crippen LogP contribution in [0.1, 0.15) is 51.3 Å². The van der Waals surface area contributed by atoms with Crippen molar-refractivity contribution in [1.29, 1.82) is 0 Å². The third kappa shape index (κ3) is 6.88. The van der Waals surface area contributed by atoms with E-state index in [1.807, 2.05) is 0 Å². The number of amides is 2. The van der Waals surface area contributed by atoms with E-state index in [9.17, 15) is 37.4 Å². The molecule has 7 nitrogen and oxygen atoms in total. The van der Waals surface area contributed by atoms with E-state index in [4.69, 9.17) is 0 Å². The zero-order valence-corrected chi connectivity index (χ0v) is 22.5. The maximum Gasteiger partial charge on any atom is 0.416 e. The average Bonchev–Trinajstić information content (AvgIpc) is 3.14. The maximum atomic E-state index is 14.7. The quantitative estimate of drug-likeness (QED) is 0.406. The Morgan fingerprint density at radius 2 is 1.72 bits per heavy atom. The number of aliphatic hydroxyl groups excluding tert-OH is 1. The minimum atomic E-state index is -4.71. The van der Waals surface area contributed by atoms with Gasteiger partial charge in [-0.1, -0.05) is 50.2 Å². The van der Waals surface area contributed by atoms with Gasteiger partial charge in [-0.2, -0.15) is 13.2 Å². The molecule has 0 spiro atoms. The van der Waals surface area contributed by atoms with Crippen LogP contribution >= 0.6 is 0 Å². The number of carboxylic acid groups (broad SMARTS) is 1. The zero-order valence-electron chi connectivity index (χ0n) is 22.5. The molecule has 11 heteroatoms. The monoisotopic (exact) mass is 553 g/mol. The third-order valence-corrected chi connectivity index (χ3v) is 6.87. The predicted octanol–water partition coefficient (Wildman–Crippen LogP) is 4.88. The first-order valence-corrected chi connectivity index (χ1v) is 12.7. The number of nitrogens with one attached hydrogen (secondary N) is 1. The van der Waals surface area contributed by atoms with Gasteiger partial charge in [-0.05, 0) is 50.8 Å². The highest BCUT2D eigenvalue weighted by Gasteiger charge is 2.49. The molecule has 1 unspecified atom stereocenters. The Labute approximate surface area is 225 Å². The number of hydrogen-bond donors (Lipinski definition) is 3. The number of halogens is 4. The molecule has 3 rings (SSSR count). The number of benzene rings is 2. The van der Waals surface area contributed by atoms with Gasteiger partial charge < -0.3 is 15.1 Å². The molecule has 2 amide bonds. The second kappa shape index (κ2) is 11.5. The van der Waals surface area contributed by atoms with Gasteiger partial charge in [-0.3, -0.25) is 15.0 Å². The van der Waals surface area contributed by atoms with Gasteiger partial charge in [0.15, 0.2) is 0 Å². The second-order valence-corrected chi connectivity index (χ2v) is 11.2. The fourth-order valence-electron chi connectivity index (χ4n) is 5.04. The highest BCUT2D eigenvalue weighted by atomic mass is 19.4. The summed E-state index contributed by atoms with van der Waals surface area (Å²) in [7, 11) is 0. The van der Waals surface area contributed by atoms with Crippen molar-refractivity contribution in [2.24, 2.45) is 5.92 Å². The first kappa shape index (κ1) is 30.4. The van der Waals surface area contributed by atoms with E-state index in [0.717, 1.165) is 22.6 Å². The van der Waals surface area contributed by atoms with Crippen LogP contribution in [0, 0.1) is 11.7 Å². The lowest BCUT2D eigenvalue weighted by molar-refractivity contribution is -0.138. The molecule has 214 valence electrons. The molecule has 39 heavy (non-hydrogen) atoms. The van der Waals surface area contributed by atoms with Crippen molar-refractivity contribution in [3.05, 3.63) is 71.0 Å². The van der Waals surface area contributed by atoms with E-state index in [2.05, 4.69) is 5.32 Å². The molecule has 2 aromatic carbocycles. The maximum absolute atomic E-state index is 14.7. The smallest absolute Gasteiger partial charge is 0.416 e. The molecule has 1 aliphatic rings. The van der Waals surface area contributed by atoms with E-state index in [1.165, 1.54) is 4.90 Å². The third-order valence-electron chi connectivity index (χ3n) is 6.87. The molecule has 4 atom stereocenters. The van der Waals surface area contributed by atoms with E-state index in [0.29, 0.717) is 6.07 Å². The van der Waals surface area contributed by atoms with Crippen molar-refractivity contribution < 1.29 is 37.4 Å². The summed E-state index contributed by atoms with van der Waals surface area (Å²) in [4.78, 5) is 28.4. The van der Waals surface area contributed by atoms with Gasteiger partial charge in [0.2, 0.25) is 5.91 Å². The van der Waals surface area contributed by atoms with Crippen molar-refractivity contribution in [2.75, 3.05) is 0 Å². The Kier molecular flexibility index (Phi) is 8.96. The molecule has 1 heterocycles. The van der Waals surface area contributed by atoms with Gasteiger partial charge >= 0.3 is 12.3 Å². The lowest BCUT2D eigenvalue weighted by atomic mass is 9.91. The Hall–Kier alpha value is -3.18. The van der Waals surface area contributed by atoms with Crippen molar-refractivity contribution in [3.8, 4) is 0 Å².